The monoisotopic (exact) mass is 278 g/mol. The maximum absolute atomic E-state index is 10.7. The molecule has 0 aliphatic heterocycles. The number of hydrogen-bond acceptors (Lipinski definition) is 6. The van der Waals surface area contributed by atoms with Gasteiger partial charge in [-0.15, -0.1) is 12.4 Å². The molecule has 102 valence electrons. The zero-order chi connectivity index (χ0) is 13.2. The molecule has 1 aromatic rings. The molecule has 0 radical (unpaired) electrons. The van der Waals surface area contributed by atoms with Gasteiger partial charge in [-0.3, -0.25) is 10.1 Å². The van der Waals surface area contributed by atoms with Crippen LogP contribution in [0.3, 0.4) is 0 Å². The molecule has 0 heterocycles. The minimum atomic E-state index is -0.951. The van der Waals surface area contributed by atoms with Gasteiger partial charge < -0.3 is 20.7 Å². The number of nitro benzene ring substituents is 1. The molecular weight excluding hydrogens is 264 g/mol. The number of methoxy groups -OCH3 is 1. The van der Waals surface area contributed by atoms with Gasteiger partial charge in [-0.1, -0.05) is 0 Å². The largest absolute Gasteiger partial charge is 0.504 e. The third-order valence-electron chi connectivity index (χ3n) is 2.40. The van der Waals surface area contributed by atoms with Gasteiger partial charge in [-0.2, -0.15) is 0 Å². The Balaban J connectivity index is 0.00000289. The second kappa shape index (κ2) is 6.39. The quantitative estimate of drug-likeness (QED) is 0.561. The van der Waals surface area contributed by atoms with Crippen LogP contribution < -0.4 is 10.5 Å². The Bertz CT molecular complexity index is 439. The lowest BCUT2D eigenvalue weighted by atomic mass is 10.0. The number of aromatic hydroxyl groups is 1. The fourth-order valence-electron chi connectivity index (χ4n) is 1.39. The number of halogens is 1. The Morgan fingerprint density at radius 1 is 1.50 bits per heavy atom. The van der Waals surface area contributed by atoms with E-state index in [0.717, 1.165) is 12.1 Å². The molecule has 0 saturated carbocycles. The lowest BCUT2D eigenvalue weighted by Crippen LogP contribution is -2.23. The Kier molecular flexibility index (Phi) is 5.83. The van der Waals surface area contributed by atoms with Crippen LogP contribution in [0.25, 0.3) is 0 Å². The van der Waals surface area contributed by atoms with E-state index in [1.165, 1.54) is 14.0 Å². The van der Waals surface area contributed by atoms with Gasteiger partial charge >= 0.3 is 0 Å². The molecule has 0 spiro atoms. The molecule has 1 rings (SSSR count). The van der Waals surface area contributed by atoms with Gasteiger partial charge in [0, 0.05) is 11.6 Å². The Morgan fingerprint density at radius 2 is 2.06 bits per heavy atom. The number of phenolic OH excluding ortho intramolecular Hbond substituents is 1. The number of nitrogens with two attached hydrogens (primary N) is 1. The van der Waals surface area contributed by atoms with Gasteiger partial charge in [0.25, 0.3) is 5.69 Å². The van der Waals surface area contributed by atoms with Crippen LogP contribution in [0.2, 0.25) is 0 Å². The first-order chi connectivity index (χ1) is 7.88. The molecule has 0 fully saturated rings. The van der Waals surface area contributed by atoms with E-state index in [1.807, 2.05) is 0 Å². The Morgan fingerprint density at radius 3 is 2.44 bits per heavy atom. The van der Waals surface area contributed by atoms with Crippen molar-refractivity contribution in [3.8, 4) is 11.5 Å². The highest BCUT2D eigenvalue weighted by Crippen LogP contribution is 2.37. The summed E-state index contributed by atoms with van der Waals surface area (Å²) < 4.78 is 4.81. The molecule has 0 unspecified atom stereocenters. The van der Waals surface area contributed by atoms with Crippen molar-refractivity contribution >= 4 is 18.1 Å². The fourth-order valence-corrected chi connectivity index (χ4v) is 1.39. The minimum absolute atomic E-state index is 0. The number of phenols is 1. The molecule has 0 aliphatic rings. The van der Waals surface area contributed by atoms with Crippen LogP contribution in [-0.2, 0) is 0 Å². The summed E-state index contributed by atoms with van der Waals surface area (Å²) in [6.45, 7) is 1.43. The average Bonchev–Trinajstić information content (AvgIpc) is 2.27. The smallest absolute Gasteiger partial charge is 0.273 e. The van der Waals surface area contributed by atoms with Gasteiger partial charge in [-0.05, 0) is 6.92 Å². The lowest BCUT2D eigenvalue weighted by Gasteiger charge is -2.17. The second-order valence-corrected chi connectivity index (χ2v) is 3.61. The molecule has 2 atom stereocenters. The van der Waals surface area contributed by atoms with Crippen LogP contribution in [0.1, 0.15) is 18.5 Å². The topological polar surface area (TPSA) is 119 Å². The molecule has 18 heavy (non-hydrogen) atoms. The van der Waals surface area contributed by atoms with E-state index in [0.29, 0.717) is 0 Å². The molecule has 0 aliphatic carbocycles. The molecule has 7 nitrogen and oxygen atoms in total. The van der Waals surface area contributed by atoms with E-state index in [-0.39, 0.29) is 35.2 Å². The van der Waals surface area contributed by atoms with E-state index in [9.17, 15) is 20.3 Å². The summed E-state index contributed by atoms with van der Waals surface area (Å²) in [6.07, 6.45) is -0.951. The number of nitrogens with zero attached hydrogens (tertiary/aromatic N) is 1. The molecule has 0 bridgehead atoms. The van der Waals surface area contributed by atoms with Crippen molar-refractivity contribution < 1.29 is 19.9 Å². The van der Waals surface area contributed by atoms with Gasteiger partial charge in [0.05, 0.1) is 30.2 Å². The highest BCUT2D eigenvalue weighted by atomic mass is 35.5. The number of aliphatic hydroxyl groups excluding tert-OH is 1. The third kappa shape index (κ3) is 3.22. The van der Waals surface area contributed by atoms with Crippen LogP contribution in [0.4, 0.5) is 5.69 Å². The number of hydrogen-bond donors (Lipinski definition) is 3. The van der Waals surface area contributed by atoms with Gasteiger partial charge in [-0.25, -0.2) is 0 Å². The summed E-state index contributed by atoms with van der Waals surface area (Å²) in [4.78, 5) is 10.1. The van der Waals surface area contributed by atoms with Crippen molar-refractivity contribution in [1.29, 1.82) is 0 Å². The second-order valence-electron chi connectivity index (χ2n) is 3.61. The van der Waals surface area contributed by atoms with Gasteiger partial charge in [0.15, 0.2) is 11.5 Å². The SMILES string of the molecule is COc1cc([N+](=O)[O-])cc([C@H](N)[C@@H](C)O)c1O.Cl. The highest BCUT2D eigenvalue weighted by molar-refractivity contribution is 5.85. The van der Waals surface area contributed by atoms with E-state index in [1.54, 1.807) is 0 Å². The molecule has 1 aromatic carbocycles. The first kappa shape index (κ1) is 16.4. The summed E-state index contributed by atoms with van der Waals surface area (Å²) >= 11 is 0. The molecule has 0 aromatic heterocycles. The molecule has 0 amide bonds. The van der Waals surface area contributed by atoms with Crippen LogP contribution in [0.5, 0.6) is 11.5 Å². The standard InChI is InChI=1S/C10H14N2O5.ClH/c1-5(13)9(11)7-3-6(12(15)16)4-8(17-2)10(7)14;/h3-5,9,13-14H,11H2,1-2H3;1H/t5-,9-;/m1./s1. The number of benzene rings is 1. The number of ether oxygens (including phenoxy) is 1. The Labute approximate surface area is 110 Å². The summed E-state index contributed by atoms with van der Waals surface area (Å²) in [5.41, 5.74) is 5.46. The first-order valence-electron chi connectivity index (χ1n) is 4.87. The number of nitro groups is 1. The zero-order valence-electron chi connectivity index (χ0n) is 9.86. The summed E-state index contributed by atoms with van der Waals surface area (Å²) in [7, 11) is 1.27. The molecule has 4 N–H and O–H groups in total. The van der Waals surface area contributed by atoms with Crippen LogP contribution in [-0.4, -0.2) is 28.4 Å². The van der Waals surface area contributed by atoms with Crippen LogP contribution in [0.15, 0.2) is 12.1 Å². The average molecular weight is 279 g/mol. The predicted molar refractivity (Wildman–Crippen MR) is 67.2 cm³/mol. The maximum Gasteiger partial charge on any atom is 0.273 e. The van der Waals surface area contributed by atoms with E-state index in [4.69, 9.17) is 10.5 Å². The normalized spacial score (nSPS) is 13.3. The van der Waals surface area contributed by atoms with Gasteiger partial charge in [0.2, 0.25) is 0 Å². The van der Waals surface area contributed by atoms with E-state index < -0.39 is 17.1 Å². The Hall–Kier alpha value is -1.57. The van der Waals surface area contributed by atoms with Crippen molar-refractivity contribution in [1.82, 2.24) is 0 Å². The fraction of sp³-hybridized carbons (Fsp3) is 0.400. The summed E-state index contributed by atoms with van der Waals surface area (Å²) in [5.74, 6) is -0.350. The van der Waals surface area contributed by atoms with Gasteiger partial charge in [0.1, 0.15) is 0 Å². The van der Waals surface area contributed by atoms with Crippen molar-refractivity contribution in [2.75, 3.05) is 7.11 Å². The zero-order valence-corrected chi connectivity index (χ0v) is 10.7. The van der Waals surface area contributed by atoms with Crippen molar-refractivity contribution in [2.24, 2.45) is 5.73 Å². The summed E-state index contributed by atoms with van der Waals surface area (Å²) in [6, 6.07) is 1.28. The number of non-ortho nitro benzene ring substituents is 1. The third-order valence-corrected chi connectivity index (χ3v) is 2.40. The van der Waals surface area contributed by atoms with Crippen LogP contribution >= 0.6 is 12.4 Å². The lowest BCUT2D eigenvalue weighted by molar-refractivity contribution is -0.385. The molecular formula is C10H15ClN2O5. The number of aliphatic hydroxyl groups is 1. The number of rotatable bonds is 4. The molecule has 0 saturated heterocycles. The van der Waals surface area contributed by atoms with Crippen molar-refractivity contribution in [2.45, 2.75) is 19.1 Å². The maximum atomic E-state index is 10.7. The minimum Gasteiger partial charge on any atom is -0.504 e. The van der Waals surface area contributed by atoms with Crippen LogP contribution in [0, 0.1) is 10.1 Å². The van der Waals surface area contributed by atoms with Crippen molar-refractivity contribution in [3.05, 3.63) is 27.8 Å². The molecule has 8 heteroatoms. The first-order valence-corrected chi connectivity index (χ1v) is 4.87. The summed E-state index contributed by atoms with van der Waals surface area (Å²) in [5, 5.41) is 29.8. The van der Waals surface area contributed by atoms with E-state index >= 15 is 0 Å². The van der Waals surface area contributed by atoms with E-state index in [2.05, 4.69) is 0 Å². The van der Waals surface area contributed by atoms with Crippen molar-refractivity contribution in [3.63, 3.8) is 0 Å². The predicted octanol–water partition coefficient (Wildman–Crippen LogP) is 1.11. The highest BCUT2D eigenvalue weighted by Gasteiger charge is 2.23.